The van der Waals surface area contributed by atoms with E-state index in [0.717, 1.165) is 31.4 Å². The molecule has 1 aliphatic heterocycles. The summed E-state index contributed by atoms with van der Waals surface area (Å²) < 4.78 is 5.67. The van der Waals surface area contributed by atoms with Crippen molar-refractivity contribution in [3.8, 4) is 5.75 Å². The van der Waals surface area contributed by atoms with E-state index in [0.29, 0.717) is 13.2 Å². The number of amides is 3. The predicted octanol–water partition coefficient (Wildman–Crippen LogP) is 3.04. The zero-order valence-corrected chi connectivity index (χ0v) is 17.7. The Kier molecular flexibility index (Phi) is 6.60. The van der Waals surface area contributed by atoms with Crippen LogP contribution in [0.1, 0.15) is 58.4 Å². The van der Waals surface area contributed by atoms with E-state index in [4.69, 9.17) is 4.74 Å². The fourth-order valence-corrected chi connectivity index (χ4v) is 4.16. The Hall–Kier alpha value is -2.37. The van der Waals surface area contributed by atoms with Gasteiger partial charge in [-0.2, -0.15) is 0 Å². The summed E-state index contributed by atoms with van der Waals surface area (Å²) in [5, 5.41) is 2.79. The zero-order chi connectivity index (χ0) is 21.0. The zero-order valence-electron chi connectivity index (χ0n) is 17.7. The molecular weight excluding hydrogens is 368 g/mol. The van der Waals surface area contributed by atoms with E-state index < -0.39 is 0 Å². The Morgan fingerprint density at radius 1 is 1.07 bits per heavy atom. The van der Waals surface area contributed by atoms with Crippen molar-refractivity contribution in [2.75, 3.05) is 19.7 Å². The van der Waals surface area contributed by atoms with Gasteiger partial charge in [0.25, 0.3) is 0 Å². The number of rotatable bonds is 7. The number of ether oxygens (including phenoxy) is 1. The van der Waals surface area contributed by atoms with Crippen LogP contribution in [0.2, 0.25) is 0 Å². The van der Waals surface area contributed by atoms with Gasteiger partial charge in [0, 0.05) is 13.0 Å². The van der Waals surface area contributed by atoms with Crippen molar-refractivity contribution in [1.29, 1.82) is 0 Å². The standard InChI is InChI=1S/C23H32N2O4/c1-23(2,3)16-8-10-17(11-9-16)29-15-13-24-20(26)12-14-25-21(27)18-6-4-5-7-19(18)22(25)28/h8-11,18-19H,4-7,12-15H2,1-3H3,(H,24,26). The maximum Gasteiger partial charge on any atom is 0.233 e. The van der Waals surface area contributed by atoms with Gasteiger partial charge in [-0.15, -0.1) is 0 Å². The number of likely N-dealkylation sites (tertiary alicyclic amines) is 1. The molecule has 1 saturated carbocycles. The highest BCUT2D eigenvalue weighted by atomic mass is 16.5. The summed E-state index contributed by atoms with van der Waals surface area (Å²) in [5.41, 5.74) is 1.34. The molecule has 0 radical (unpaired) electrons. The van der Waals surface area contributed by atoms with E-state index in [1.54, 1.807) is 0 Å². The van der Waals surface area contributed by atoms with E-state index in [-0.39, 0.29) is 47.9 Å². The van der Waals surface area contributed by atoms with Gasteiger partial charge >= 0.3 is 0 Å². The first-order chi connectivity index (χ1) is 13.8. The molecule has 3 rings (SSSR count). The van der Waals surface area contributed by atoms with E-state index >= 15 is 0 Å². The Labute approximate surface area is 173 Å². The number of carbonyl (C=O) groups is 3. The van der Waals surface area contributed by atoms with Crippen molar-refractivity contribution in [1.82, 2.24) is 10.2 Å². The second-order valence-electron chi connectivity index (χ2n) is 9.05. The van der Waals surface area contributed by atoms with Crippen LogP contribution in [0.4, 0.5) is 0 Å². The fourth-order valence-electron chi connectivity index (χ4n) is 4.16. The van der Waals surface area contributed by atoms with Crippen LogP contribution in [-0.4, -0.2) is 42.3 Å². The lowest BCUT2D eigenvalue weighted by molar-refractivity contribution is -0.140. The van der Waals surface area contributed by atoms with E-state index in [1.165, 1.54) is 10.5 Å². The largest absolute Gasteiger partial charge is 0.492 e. The maximum absolute atomic E-state index is 12.4. The van der Waals surface area contributed by atoms with Gasteiger partial charge in [-0.3, -0.25) is 19.3 Å². The summed E-state index contributed by atoms with van der Waals surface area (Å²) in [6.45, 7) is 7.41. The summed E-state index contributed by atoms with van der Waals surface area (Å²) in [7, 11) is 0. The van der Waals surface area contributed by atoms with Gasteiger partial charge < -0.3 is 10.1 Å². The van der Waals surface area contributed by atoms with Gasteiger partial charge in [-0.05, 0) is 36.0 Å². The normalized spacial score (nSPS) is 21.8. The number of benzene rings is 1. The highest BCUT2D eigenvalue weighted by Crippen LogP contribution is 2.37. The molecule has 6 nitrogen and oxygen atoms in total. The maximum atomic E-state index is 12.4. The quantitative estimate of drug-likeness (QED) is 0.564. The van der Waals surface area contributed by atoms with Crippen LogP contribution in [0.5, 0.6) is 5.75 Å². The lowest BCUT2D eigenvalue weighted by Crippen LogP contribution is -2.36. The summed E-state index contributed by atoms with van der Waals surface area (Å²) in [4.78, 5) is 38.2. The minimum absolute atomic E-state index is 0.0884. The van der Waals surface area contributed by atoms with Gasteiger partial charge in [0.15, 0.2) is 0 Å². The number of nitrogens with one attached hydrogen (secondary N) is 1. The Morgan fingerprint density at radius 2 is 1.66 bits per heavy atom. The minimum atomic E-state index is -0.174. The van der Waals surface area contributed by atoms with Gasteiger partial charge in [-0.25, -0.2) is 0 Å². The van der Waals surface area contributed by atoms with Crippen molar-refractivity contribution in [2.24, 2.45) is 11.8 Å². The third-order valence-corrected chi connectivity index (χ3v) is 5.91. The summed E-state index contributed by atoms with van der Waals surface area (Å²) in [6.07, 6.45) is 3.75. The Balaban J connectivity index is 1.36. The molecule has 2 unspecified atom stereocenters. The minimum Gasteiger partial charge on any atom is -0.492 e. The molecule has 0 spiro atoms. The molecule has 2 fully saturated rings. The smallest absolute Gasteiger partial charge is 0.233 e. The molecule has 0 bridgehead atoms. The molecular formula is C23H32N2O4. The Morgan fingerprint density at radius 3 is 2.21 bits per heavy atom. The van der Waals surface area contributed by atoms with Crippen LogP contribution in [0.25, 0.3) is 0 Å². The van der Waals surface area contributed by atoms with Gasteiger partial charge in [0.05, 0.1) is 18.4 Å². The van der Waals surface area contributed by atoms with Crippen molar-refractivity contribution in [3.63, 3.8) is 0 Å². The molecule has 1 aromatic rings. The average molecular weight is 401 g/mol. The Bertz CT molecular complexity index is 727. The van der Waals surface area contributed by atoms with Gasteiger partial charge in [0.2, 0.25) is 17.7 Å². The number of fused-ring (bicyclic) bond motifs is 1. The summed E-state index contributed by atoms with van der Waals surface area (Å²) >= 11 is 0. The summed E-state index contributed by atoms with van der Waals surface area (Å²) in [6, 6.07) is 7.98. The molecule has 1 aliphatic carbocycles. The SMILES string of the molecule is CC(C)(C)c1ccc(OCCNC(=O)CCN2C(=O)C3CCCCC3C2=O)cc1. The second kappa shape index (κ2) is 8.97. The highest BCUT2D eigenvalue weighted by Gasteiger charge is 2.47. The predicted molar refractivity (Wildman–Crippen MR) is 110 cm³/mol. The first kappa shape index (κ1) is 21.3. The number of imide groups is 1. The van der Waals surface area contributed by atoms with Crippen LogP contribution in [-0.2, 0) is 19.8 Å². The average Bonchev–Trinajstić information content (AvgIpc) is 2.94. The molecule has 2 aliphatic rings. The van der Waals surface area contributed by atoms with E-state index in [1.807, 2.05) is 12.1 Å². The highest BCUT2D eigenvalue weighted by molar-refractivity contribution is 6.05. The summed E-state index contributed by atoms with van der Waals surface area (Å²) in [5.74, 6) is 0.106. The lowest BCUT2D eigenvalue weighted by Gasteiger charge is -2.19. The molecule has 3 amide bonds. The molecule has 29 heavy (non-hydrogen) atoms. The second-order valence-corrected chi connectivity index (χ2v) is 9.05. The van der Waals surface area contributed by atoms with Crippen molar-refractivity contribution in [2.45, 2.75) is 58.3 Å². The number of nitrogens with zero attached hydrogens (tertiary/aromatic N) is 1. The molecule has 0 aromatic heterocycles. The molecule has 1 saturated heterocycles. The third kappa shape index (κ3) is 5.17. The third-order valence-electron chi connectivity index (χ3n) is 5.91. The van der Waals surface area contributed by atoms with Crippen molar-refractivity contribution >= 4 is 17.7 Å². The van der Waals surface area contributed by atoms with Crippen molar-refractivity contribution < 1.29 is 19.1 Å². The molecule has 1 N–H and O–H groups in total. The van der Waals surface area contributed by atoms with Gasteiger partial charge in [0.1, 0.15) is 12.4 Å². The fraction of sp³-hybridized carbons (Fsp3) is 0.609. The lowest BCUT2D eigenvalue weighted by atomic mass is 9.81. The number of carbonyl (C=O) groups excluding carboxylic acids is 3. The van der Waals surface area contributed by atoms with Crippen LogP contribution >= 0.6 is 0 Å². The van der Waals surface area contributed by atoms with E-state index in [2.05, 4.69) is 38.2 Å². The topological polar surface area (TPSA) is 75.7 Å². The molecule has 2 atom stereocenters. The van der Waals surface area contributed by atoms with E-state index in [9.17, 15) is 14.4 Å². The molecule has 1 aromatic carbocycles. The molecule has 6 heteroatoms. The van der Waals surface area contributed by atoms with Gasteiger partial charge in [-0.1, -0.05) is 45.7 Å². The first-order valence-corrected chi connectivity index (χ1v) is 10.6. The number of hydrogen-bond acceptors (Lipinski definition) is 4. The van der Waals surface area contributed by atoms with Crippen LogP contribution in [0.3, 0.4) is 0 Å². The first-order valence-electron chi connectivity index (χ1n) is 10.6. The molecule has 1 heterocycles. The van der Waals surface area contributed by atoms with Crippen LogP contribution in [0, 0.1) is 11.8 Å². The molecule has 158 valence electrons. The number of hydrogen-bond donors (Lipinski definition) is 1. The van der Waals surface area contributed by atoms with Crippen LogP contribution < -0.4 is 10.1 Å². The van der Waals surface area contributed by atoms with Crippen LogP contribution in [0.15, 0.2) is 24.3 Å². The monoisotopic (exact) mass is 400 g/mol. The van der Waals surface area contributed by atoms with Crippen molar-refractivity contribution in [3.05, 3.63) is 29.8 Å².